The lowest BCUT2D eigenvalue weighted by molar-refractivity contribution is -0.120. The van der Waals surface area contributed by atoms with Crippen LogP contribution in [0, 0.1) is 12.3 Å². The quantitative estimate of drug-likeness (QED) is 0.614. The first-order valence-electron chi connectivity index (χ1n) is 4.53. The molecule has 1 rings (SSSR count). The molecular weight excluding hydrogens is 208 g/mol. The van der Waals surface area contributed by atoms with Crippen molar-refractivity contribution < 1.29 is 4.79 Å². The van der Waals surface area contributed by atoms with Gasteiger partial charge in [-0.05, 0) is 19.1 Å². The fourth-order valence-corrected chi connectivity index (χ4v) is 1.76. The Bertz CT molecular complexity index is 359. The predicted octanol–water partition coefficient (Wildman–Crippen LogP) is 1.31. The Kier molecular flexibility index (Phi) is 4.72. The van der Waals surface area contributed by atoms with Crippen molar-refractivity contribution in [2.75, 3.05) is 6.54 Å². The lowest BCUT2D eigenvalue weighted by Crippen LogP contribution is -2.31. The molecule has 15 heavy (non-hydrogen) atoms. The van der Waals surface area contributed by atoms with Crippen LogP contribution in [0.15, 0.2) is 29.4 Å². The van der Waals surface area contributed by atoms with Gasteiger partial charge in [-0.25, -0.2) is 4.98 Å². The molecule has 0 fully saturated rings. The Morgan fingerprint density at radius 3 is 3.13 bits per heavy atom. The van der Waals surface area contributed by atoms with Gasteiger partial charge >= 0.3 is 0 Å². The van der Waals surface area contributed by atoms with Crippen LogP contribution in [0.2, 0.25) is 0 Å². The van der Waals surface area contributed by atoms with E-state index in [1.54, 1.807) is 6.20 Å². The second-order valence-corrected chi connectivity index (χ2v) is 4.21. The maximum Gasteiger partial charge on any atom is 0.234 e. The molecule has 1 heterocycles. The Morgan fingerprint density at radius 1 is 1.73 bits per heavy atom. The van der Waals surface area contributed by atoms with Gasteiger partial charge in [0.05, 0.1) is 16.8 Å². The molecule has 0 saturated heterocycles. The molecule has 0 bridgehead atoms. The van der Waals surface area contributed by atoms with Crippen molar-refractivity contribution in [2.45, 2.75) is 17.2 Å². The maximum absolute atomic E-state index is 11.5. The van der Waals surface area contributed by atoms with E-state index in [1.165, 1.54) is 11.8 Å². The van der Waals surface area contributed by atoms with Gasteiger partial charge in [-0.2, -0.15) is 0 Å². The highest BCUT2D eigenvalue weighted by Crippen LogP contribution is 2.20. The number of pyridine rings is 1. The summed E-state index contributed by atoms with van der Waals surface area (Å²) in [7, 11) is 0. The molecule has 3 nitrogen and oxygen atoms in total. The molecule has 4 heteroatoms. The molecule has 0 saturated carbocycles. The molecule has 1 amide bonds. The summed E-state index contributed by atoms with van der Waals surface area (Å²) in [6.07, 6.45) is 6.75. The zero-order valence-corrected chi connectivity index (χ0v) is 9.25. The number of nitrogens with one attached hydrogen (secondary N) is 1. The molecule has 0 aromatic carbocycles. The average molecular weight is 220 g/mol. The third kappa shape index (κ3) is 4.05. The summed E-state index contributed by atoms with van der Waals surface area (Å²) in [5.74, 6) is 2.29. The minimum atomic E-state index is -0.187. The van der Waals surface area contributed by atoms with E-state index in [0.717, 1.165) is 5.03 Å². The van der Waals surface area contributed by atoms with Crippen LogP contribution in [0.4, 0.5) is 0 Å². The number of nitrogens with zero attached hydrogens (tertiary/aromatic N) is 1. The van der Waals surface area contributed by atoms with Gasteiger partial charge in [-0.15, -0.1) is 6.42 Å². The highest BCUT2D eigenvalue weighted by molar-refractivity contribution is 8.00. The minimum Gasteiger partial charge on any atom is -0.344 e. The first-order chi connectivity index (χ1) is 7.24. The van der Waals surface area contributed by atoms with E-state index >= 15 is 0 Å². The number of rotatable bonds is 4. The smallest absolute Gasteiger partial charge is 0.234 e. The normalized spacial score (nSPS) is 11.5. The molecule has 1 aromatic rings. The first-order valence-corrected chi connectivity index (χ1v) is 5.41. The second kappa shape index (κ2) is 6.10. The third-order valence-electron chi connectivity index (χ3n) is 1.67. The largest absolute Gasteiger partial charge is 0.344 e. The molecule has 0 aliphatic rings. The van der Waals surface area contributed by atoms with Gasteiger partial charge in [0.15, 0.2) is 0 Å². The summed E-state index contributed by atoms with van der Waals surface area (Å²) >= 11 is 1.41. The van der Waals surface area contributed by atoms with Crippen LogP contribution in [-0.2, 0) is 4.79 Å². The SMILES string of the molecule is C#CCNC(=O)C(C)Sc1ccccn1. The second-order valence-electron chi connectivity index (χ2n) is 2.85. The summed E-state index contributed by atoms with van der Waals surface area (Å²) in [5.41, 5.74) is 0. The van der Waals surface area contributed by atoms with Gasteiger partial charge in [0, 0.05) is 6.20 Å². The number of thioether (sulfide) groups is 1. The van der Waals surface area contributed by atoms with Crippen LogP contribution in [0.1, 0.15) is 6.92 Å². The Balaban J connectivity index is 2.46. The van der Waals surface area contributed by atoms with Crippen molar-refractivity contribution in [3.05, 3.63) is 24.4 Å². The van der Waals surface area contributed by atoms with Crippen LogP contribution in [0.25, 0.3) is 0 Å². The summed E-state index contributed by atoms with van der Waals surface area (Å²) in [4.78, 5) is 15.6. The van der Waals surface area contributed by atoms with E-state index in [0.29, 0.717) is 0 Å². The molecule has 1 aromatic heterocycles. The van der Waals surface area contributed by atoms with Crippen molar-refractivity contribution in [3.8, 4) is 12.3 Å². The van der Waals surface area contributed by atoms with Crippen LogP contribution in [0.3, 0.4) is 0 Å². The summed E-state index contributed by atoms with van der Waals surface area (Å²) in [6, 6.07) is 5.60. The zero-order valence-electron chi connectivity index (χ0n) is 8.43. The fraction of sp³-hybridized carbons (Fsp3) is 0.273. The molecule has 0 spiro atoms. The minimum absolute atomic E-state index is 0.0661. The fourth-order valence-electron chi connectivity index (χ4n) is 0.933. The average Bonchev–Trinajstić information content (AvgIpc) is 2.27. The summed E-state index contributed by atoms with van der Waals surface area (Å²) in [6.45, 7) is 2.09. The lowest BCUT2D eigenvalue weighted by atomic mass is 10.4. The lowest BCUT2D eigenvalue weighted by Gasteiger charge is -2.09. The van der Waals surface area contributed by atoms with Crippen LogP contribution >= 0.6 is 11.8 Å². The molecule has 0 radical (unpaired) electrons. The summed E-state index contributed by atoms with van der Waals surface area (Å²) < 4.78 is 0. The molecule has 1 atom stereocenters. The Labute approximate surface area is 93.7 Å². The molecule has 1 N–H and O–H groups in total. The van der Waals surface area contributed by atoms with Gasteiger partial charge in [0.25, 0.3) is 0 Å². The van der Waals surface area contributed by atoms with Crippen LogP contribution in [0.5, 0.6) is 0 Å². The molecule has 78 valence electrons. The van der Waals surface area contributed by atoms with E-state index < -0.39 is 0 Å². The highest BCUT2D eigenvalue weighted by Gasteiger charge is 2.13. The molecule has 0 aliphatic heterocycles. The van der Waals surface area contributed by atoms with Crippen molar-refractivity contribution in [2.24, 2.45) is 0 Å². The molecular formula is C11H12N2OS. The van der Waals surface area contributed by atoms with E-state index in [4.69, 9.17) is 6.42 Å². The number of terminal acetylenes is 1. The Morgan fingerprint density at radius 2 is 2.53 bits per heavy atom. The van der Waals surface area contributed by atoms with E-state index in [1.807, 2.05) is 25.1 Å². The standard InChI is InChI=1S/C11H12N2OS/c1-3-7-13-11(14)9(2)15-10-6-4-5-8-12-10/h1,4-6,8-9H,7H2,2H3,(H,13,14). The predicted molar refractivity (Wildman–Crippen MR) is 61.4 cm³/mol. The van der Waals surface area contributed by atoms with Gasteiger partial charge in [-0.1, -0.05) is 23.7 Å². The first kappa shape index (κ1) is 11.6. The van der Waals surface area contributed by atoms with Gasteiger partial charge in [0.2, 0.25) is 5.91 Å². The number of aromatic nitrogens is 1. The van der Waals surface area contributed by atoms with E-state index in [2.05, 4.69) is 16.2 Å². The highest BCUT2D eigenvalue weighted by atomic mass is 32.2. The molecule has 0 aliphatic carbocycles. The van der Waals surface area contributed by atoms with Crippen LogP contribution < -0.4 is 5.32 Å². The number of amides is 1. The van der Waals surface area contributed by atoms with E-state index in [-0.39, 0.29) is 17.7 Å². The number of carbonyl (C=O) groups excluding carboxylic acids is 1. The topological polar surface area (TPSA) is 42.0 Å². The van der Waals surface area contributed by atoms with Crippen molar-refractivity contribution in [1.82, 2.24) is 10.3 Å². The number of carbonyl (C=O) groups is 1. The van der Waals surface area contributed by atoms with Gasteiger partial charge < -0.3 is 5.32 Å². The van der Waals surface area contributed by atoms with Crippen molar-refractivity contribution >= 4 is 17.7 Å². The maximum atomic E-state index is 11.5. The number of hydrogen-bond acceptors (Lipinski definition) is 3. The van der Waals surface area contributed by atoms with E-state index in [9.17, 15) is 4.79 Å². The zero-order chi connectivity index (χ0) is 11.1. The molecule has 1 unspecified atom stereocenters. The van der Waals surface area contributed by atoms with Crippen molar-refractivity contribution in [1.29, 1.82) is 0 Å². The monoisotopic (exact) mass is 220 g/mol. The van der Waals surface area contributed by atoms with Gasteiger partial charge in [0.1, 0.15) is 0 Å². The van der Waals surface area contributed by atoms with Crippen LogP contribution in [-0.4, -0.2) is 22.7 Å². The van der Waals surface area contributed by atoms with Gasteiger partial charge in [-0.3, -0.25) is 4.79 Å². The summed E-state index contributed by atoms with van der Waals surface area (Å²) in [5, 5.41) is 3.28. The Hall–Kier alpha value is -1.47. The van der Waals surface area contributed by atoms with Crippen molar-refractivity contribution in [3.63, 3.8) is 0 Å². The third-order valence-corrected chi connectivity index (χ3v) is 2.72. The number of hydrogen-bond donors (Lipinski definition) is 1.